The highest BCUT2D eigenvalue weighted by molar-refractivity contribution is 5.94. The summed E-state index contributed by atoms with van der Waals surface area (Å²) in [6, 6.07) is 9.60. The molecule has 0 spiro atoms. The number of aromatic amines is 1. The van der Waals surface area contributed by atoms with Gasteiger partial charge in [-0.15, -0.1) is 0 Å². The third-order valence-corrected chi connectivity index (χ3v) is 3.42. The number of hydrogen-bond acceptors (Lipinski definition) is 3. The Morgan fingerprint density at radius 1 is 1.33 bits per heavy atom. The van der Waals surface area contributed by atoms with Crippen molar-refractivity contribution in [2.24, 2.45) is 0 Å². The van der Waals surface area contributed by atoms with Crippen LogP contribution in [0.5, 0.6) is 0 Å². The Hall–Kier alpha value is -2.89. The monoisotopic (exact) mass is 283 g/mol. The number of hydrogen-bond donors (Lipinski definition) is 2. The molecule has 2 aromatic heterocycles. The Kier molecular flexibility index (Phi) is 3.06. The van der Waals surface area contributed by atoms with Gasteiger partial charge in [-0.25, -0.2) is 14.3 Å². The number of carboxylic acids is 1. The summed E-state index contributed by atoms with van der Waals surface area (Å²) in [7, 11) is 0. The van der Waals surface area contributed by atoms with Crippen LogP contribution in [0.3, 0.4) is 0 Å². The Labute approximate surface area is 119 Å². The van der Waals surface area contributed by atoms with Gasteiger partial charge in [0.2, 0.25) is 0 Å². The second-order valence-corrected chi connectivity index (χ2v) is 4.79. The van der Waals surface area contributed by atoms with Gasteiger partial charge in [-0.3, -0.25) is 9.89 Å². The number of fused-ring (bicyclic) bond motifs is 1. The first-order valence-corrected chi connectivity index (χ1v) is 6.45. The molecule has 0 saturated carbocycles. The van der Waals surface area contributed by atoms with Gasteiger partial charge in [0, 0.05) is 23.9 Å². The van der Waals surface area contributed by atoms with E-state index in [1.54, 1.807) is 6.92 Å². The molecule has 0 aliphatic heterocycles. The molecule has 0 saturated heterocycles. The van der Waals surface area contributed by atoms with E-state index in [0.717, 1.165) is 5.56 Å². The van der Waals surface area contributed by atoms with E-state index in [2.05, 4.69) is 10.1 Å². The molecule has 0 amide bonds. The van der Waals surface area contributed by atoms with Crippen molar-refractivity contribution < 1.29 is 9.90 Å². The summed E-state index contributed by atoms with van der Waals surface area (Å²) in [6.07, 6.45) is 1.74. The molecule has 106 valence electrons. The minimum Gasteiger partial charge on any atom is -0.477 e. The maximum atomic E-state index is 12.5. The minimum atomic E-state index is -1.11. The Bertz CT molecular complexity index is 878. The largest absolute Gasteiger partial charge is 0.477 e. The molecule has 0 aliphatic carbocycles. The van der Waals surface area contributed by atoms with Crippen molar-refractivity contribution >= 4 is 11.6 Å². The van der Waals surface area contributed by atoms with Crippen molar-refractivity contribution in [2.45, 2.75) is 13.3 Å². The fourth-order valence-corrected chi connectivity index (χ4v) is 2.32. The number of carboxylic acid groups (broad SMARTS) is 1. The topological polar surface area (TPSA) is 87.5 Å². The molecular formula is C15H13N3O3. The van der Waals surface area contributed by atoms with Gasteiger partial charge in [0.1, 0.15) is 5.56 Å². The zero-order chi connectivity index (χ0) is 15.0. The summed E-state index contributed by atoms with van der Waals surface area (Å²) in [6.45, 7) is 1.72. The molecule has 6 heteroatoms. The van der Waals surface area contributed by atoms with Crippen molar-refractivity contribution in [1.82, 2.24) is 14.6 Å². The summed E-state index contributed by atoms with van der Waals surface area (Å²) in [5, 5.41) is 11.7. The van der Waals surface area contributed by atoms with Crippen LogP contribution in [0.2, 0.25) is 0 Å². The second kappa shape index (κ2) is 4.90. The number of nitrogens with zero attached hydrogens (tertiary/aromatic N) is 2. The minimum absolute atomic E-state index is 0.0125. The number of aromatic carboxylic acids is 1. The lowest BCUT2D eigenvalue weighted by atomic mass is 10.1. The van der Waals surface area contributed by atoms with Crippen LogP contribution in [-0.2, 0) is 6.42 Å². The van der Waals surface area contributed by atoms with Gasteiger partial charge in [-0.1, -0.05) is 30.3 Å². The molecule has 2 heterocycles. The molecule has 1 aromatic carbocycles. The van der Waals surface area contributed by atoms with Crippen LogP contribution in [0.1, 0.15) is 27.2 Å². The zero-order valence-corrected chi connectivity index (χ0v) is 11.3. The molecule has 0 aliphatic rings. The van der Waals surface area contributed by atoms with Gasteiger partial charge in [-0.2, -0.15) is 0 Å². The van der Waals surface area contributed by atoms with Crippen LogP contribution in [0.25, 0.3) is 5.65 Å². The third-order valence-electron chi connectivity index (χ3n) is 3.42. The molecule has 0 radical (unpaired) electrons. The quantitative estimate of drug-likeness (QED) is 0.764. The summed E-state index contributed by atoms with van der Waals surface area (Å²) in [5.74, 6) is -1.11. The lowest BCUT2D eigenvalue weighted by Gasteiger charge is -2.06. The average molecular weight is 283 g/mol. The first-order valence-electron chi connectivity index (χ1n) is 6.45. The van der Waals surface area contributed by atoms with Crippen molar-refractivity contribution in [3.63, 3.8) is 0 Å². The van der Waals surface area contributed by atoms with Gasteiger partial charge in [0.05, 0.1) is 0 Å². The molecule has 0 bridgehead atoms. The maximum Gasteiger partial charge on any atom is 0.341 e. The molecule has 0 fully saturated rings. The molecule has 3 aromatic rings. The fourth-order valence-electron chi connectivity index (χ4n) is 2.32. The predicted octanol–water partition coefficient (Wildman–Crippen LogP) is 1.62. The van der Waals surface area contributed by atoms with E-state index in [1.165, 1.54) is 10.7 Å². The van der Waals surface area contributed by atoms with Crippen molar-refractivity contribution in [2.75, 3.05) is 0 Å². The first-order chi connectivity index (χ1) is 10.1. The molecule has 3 rings (SSSR count). The number of aromatic nitrogens is 3. The lowest BCUT2D eigenvalue weighted by molar-refractivity contribution is 0.0698. The van der Waals surface area contributed by atoms with Crippen molar-refractivity contribution in [1.29, 1.82) is 0 Å². The number of nitrogens with one attached hydrogen (secondary N) is 1. The standard InChI is InChI=1S/C15H13N3O3/c1-9-11(7-10-5-3-2-4-6-10)14(19)18-13(17-9)12(8-16-18)15(20)21/h2-6,8,16H,7H2,1H3,(H,20,21). The van der Waals surface area contributed by atoms with Crippen LogP contribution in [-0.4, -0.2) is 25.7 Å². The summed E-state index contributed by atoms with van der Waals surface area (Å²) in [5.41, 5.74) is 1.96. The predicted molar refractivity (Wildman–Crippen MR) is 76.8 cm³/mol. The first kappa shape index (κ1) is 13.1. The van der Waals surface area contributed by atoms with Crippen molar-refractivity contribution in [3.05, 3.63) is 69.3 Å². The van der Waals surface area contributed by atoms with E-state index >= 15 is 0 Å². The smallest absolute Gasteiger partial charge is 0.341 e. The highest BCUT2D eigenvalue weighted by atomic mass is 16.4. The number of aryl methyl sites for hydroxylation is 1. The van der Waals surface area contributed by atoms with Crippen LogP contribution in [0, 0.1) is 6.92 Å². The summed E-state index contributed by atoms with van der Waals surface area (Å²) < 4.78 is 1.18. The molecule has 0 unspecified atom stereocenters. The molecule has 0 atom stereocenters. The molecule has 21 heavy (non-hydrogen) atoms. The highest BCUT2D eigenvalue weighted by Gasteiger charge is 2.17. The van der Waals surface area contributed by atoms with E-state index in [1.807, 2.05) is 30.3 Å². The zero-order valence-electron chi connectivity index (χ0n) is 11.3. The van der Waals surface area contributed by atoms with Crippen LogP contribution in [0.4, 0.5) is 0 Å². The fraction of sp³-hybridized carbons (Fsp3) is 0.133. The van der Waals surface area contributed by atoms with Gasteiger partial charge in [-0.05, 0) is 12.5 Å². The van der Waals surface area contributed by atoms with Gasteiger partial charge >= 0.3 is 5.97 Å². The van der Waals surface area contributed by atoms with E-state index in [9.17, 15) is 9.59 Å². The van der Waals surface area contributed by atoms with Crippen molar-refractivity contribution in [3.8, 4) is 0 Å². The molecule has 6 nitrogen and oxygen atoms in total. The van der Waals surface area contributed by atoms with Gasteiger partial charge < -0.3 is 5.11 Å². The van der Waals surface area contributed by atoms with Gasteiger partial charge in [0.25, 0.3) is 5.56 Å². The van der Waals surface area contributed by atoms with E-state index in [0.29, 0.717) is 17.7 Å². The summed E-state index contributed by atoms with van der Waals surface area (Å²) >= 11 is 0. The van der Waals surface area contributed by atoms with Gasteiger partial charge in [0.15, 0.2) is 5.65 Å². The number of H-pyrrole nitrogens is 1. The lowest BCUT2D eigenvalue weighted by Crippen LogP contribution is -2.22. The normalized spacial score (nSPS) is 10.9. The van der Waals surface area contributed by atoms with Crippen LogP contribution in [0.15, 0.2) is 41.3 Å². The second-order valence-electron chi connectivity index (χ2n) is 4.79. The van der Waals surface area contributed by atoms with E-state index in [-0.39, 0.29) is 16.8 Å². The Balaban J connectivity index is 2.17. The molecule has 2 N–H and O–H groups in total. The summed E-state index contributed by atoms with van der Waals surface area (Å²) in [4.78, 5) is 27.9. The maximum absolute atomic E-state index is 12.5. The Morgan fingerprint density at radius 2 is 2.05 bits per heavy atom. The third kappa shape index (κ3) is 2.20. The highest BCUT2D eigenvalue weighted by Crippen LogP contribution is 2.12. The van der Waals surface area contributed by atoms with E-state index < -0.39 is 5.97 Å². The number of carbonyl (C=O) groups is 1. The van der Waals surface area contributed by atoms with Crippen LogP contribution < -0.4 is 5.56 Å². The number of rotatable bonds is 3. The average Bonchev–Trinajstić information content (AvgIpc) is 2.88. The number of benzene rings is 1. The SMILES string of the molecule is Cc1nc2c(C(=O)O)c[nH]n2c(=O)c1Cc1ccccc1. The Morgan fingerprint density at radius 3 is 2.71 bits per heavy atom. The van der Waals surface area contributed by atoms with Crippen LogP contribution >= 0.6 is 0 Å². The molecular weight excluding hydrogens is 270 g/mol. The van der Waals surface area contributed by atoms with E-state index in [4.69, 9.17) is 5.11 Å².